The average molecular weight is 548 g/mol. The van der Waals surface area contributed by atoms with Gasteiger partial charge in [-0.3, -0.25) is 0 Å². The Labute approximate surface area is 169 Å². The molecule has 0 aromatic carbocycles. The second-order valence-electron chi connectivity index (χ2n) is 4.53. The normalized spacial score (nSPS) is 9.72. The topological polar surface area (TPSA) is 120 Å². The van der Waals surface area contributed by atoms with Gasteiger partial charge in [0.2, 0.25) is 0 Å². The first kappa shape index (κ1) is 31.3. The molecule has 0 spiro atoms. The quantitative estimate of drug-likeness (QED) is 0.293. The number of allylic oxidation sites excluding steroid dienone is 3. The van der Waals surface area contributed by atoms with E-state index >= 15 is 0 Å². The zero-order chi connectivity index (χ0) is 19.2. The molecule has 7 heteroatoms. The van der Waals surface area contributed by atoms with Crippen molar-refractivity contribution in [1.29, 1.82) is 0 Å². The minimum absolute atomic E-state index is 0. The van der Waals surface area contributed by atoms with Crippen molar-refractivity contribution in [2.45, 2.75) is 59.3 Å². The van der Waals surface area contributed by atoms with Gasteiger partial charge in [-0.2, -0.15) is 0 Å². The number of hydrogen-bond acceptors (Lipinski definition) is 6. The van der Waals surface area contributed by atoms with Crippen LogP contribution in [0.3, 0.4) is 0 Å². The van der Waals surface area contributed by atoms with Crippen molar-refractivity contribution in [2.24, 2.45) is 0 Å². The van der Waals surface area contributed by atoms with Gasteiger partial charge in [-0.1, -0.05) is 58.3 Å². The molecule has 0 N–H and O–H groups in total. The summed E-state index contributed by atoms with van der Waals surface area (Å²) in [6, 6.07) is 0. The van der Waals surface area contributed by atoms with Crippen molar-refractivity contribution in [3.8, 4) is 0 Å². The number of aliphatic carboxylic acids is 3. The van der Waals surface area contributed by atoms with Crippen molar-refractivity contribution in [2.75, 3.05) is 0 Å². The van der Waals surface area contributed by atoms with Crippen molar-refractivity contribution in [3.05, 3.63) is 36.5 Å². The van der Waals surface area contributed by atoms with E-state index in [4.69, 9.17) is 0 Å². The number of unbranched alkanes of at least 4 members (excludes halogenated alkanes) is 3. The van der Waals surface area contributed by atoms with Gasteiger partial charge in [-0.15, -0.1) is 0 Å². The molecule has 0 heterocycles. The molecule has 140 valence electrons. The smallest absolute Gasteiger partial charge is 0.545 e. The van der Waals surface area contributed by atoms with Crippen LogP contribution in [0, 0.1) is 0 Å². The summed E-state index contributed by atoms with van der Waals surface area (Å²) >= 11 is 0. The van der Waals surface area contributed by atoms with Gasteiger partial charge in [0.05, 0.1) is 17.9 Å². The Kier molecular flexibility index (Phi) is 34.3. The van der Waals surface area contributed by atoms with Gasteiger partial charge in [0, 0.05) is 0 Å². The molecule has 0 rings (SSSR count). The van der Waals surface area contributed by atoms with E-state index in [9.17, 15) is 29.7 Å². The summed E-state index contributed by atoms with van der Waals surface area (Å²) in [6.07, 6.45) is 13.3. The Bertz CT molecular complexity index is 352. The molecule has 0 aromatic rings. The zero-order valence-corrected chi connectivity index (χ0v) is 18.6. The molecule has 0 aliphatic carbocycles. The van der Waals surface area contributed by atoms with Crippen LogP contribution in [0.5, 0.6) is 0 Å². The van der Waals surface area contributed by atoms with Crippen LogP contribution in [0.1, 0.15) is 59.3 Å². The van der Waals surface area contributed by atoms with Crippen LogP contribution < -0.4 is 15.3 Å². The zero-order valence-electron chi connectivity index (χ0n) is 15.1. The summed E-state index contributed by atoms with van der Waals surface area (Å²) in [5.74, 6) is -3.34. The number of carbonyl (C=O) groups excluding carboxylic acids is 3. The fourth-order valence-corrected chi connectivity index (χ4v) is 1.04. The van der Waals surface area contributed by atoms with E-state index in [1.165, 1.54) is 0 Å². The van der Waals surface area contributed by atoms with Crippen molar-refractivity contribution >= 4 is 44.1 Å². The Balaban J connectivity index is -0.000000130. The minimum Gasteiger partial charge on any atom is -0.545 e. The van der Waals surface area contributed by atoms with Crippen LogP contribution in [-0.4, -0.2) is 44.1 Å². The molecule has 0 unspecified atom stereocenters. The Morgan fingerprint density at radius 1 is 0.600 bits per heavy atom. The van der Waals surface area contributed by atoms with Crippen LogP contribution in [0.15, 0.2) is 36.5 Å². The predicted octanol–water partition coefficient (Wildman–Crippen LogP) is -0.103. The molecule has 0 saturated heterocycles. The van der Waals surface area contributed by atoms with Crippen LogP contribution >= 0.6 is 0 Å². The fourth-order valence-electron chi connectivity index (χ4n) is 1.04. The van der Waals surface area contributed by atoms with Crippen LogP contribution in [0.2, 0.25) is 0 Å². The van der Waals surface area contributed by atoms with E-state index < -0.39 is 17.9 Å². The van der Waals surface area contributed by atoms with Gasteiger partial charge in [0.1, 0.15) is 0 Å². The van der Waals surface area contributed by atoms with E-state index in [2.05, 4.69) is 0 Å². The summed E-state index contributed by atoms with van der Waals surface area (Å²) in [6.45, 7) is 5.96. The molecule has 0 aliphatic rings. The summed E-state index contributed by atoms with van der Waals surface area (Å²) in [5, 5.41) is 29.0. The number of carboxylic acid groups (broad SMARTS) is 3. The molecule has 0 atom stereocenters. The molecule has 0 fully saturated rings. The molecule has 0 saturated carbocycles. The minimum atomic E-state index is -1.11. The molecule has 0 aromatic heterocycles. The first-order chi connectivity index (χ1) is 11.3. The Hall–Kier alpha value is -1.49. The molecule has 0 amide bonds. The van der Waals surface area contributed by atoms with Gasteiger partial charge in [-0.25, -0.2) is 0 Å². The van der Waals surface area contributed by atoms with E-state index in [-0.39, 0.29) is 26.2 Å². The van der Waals surface area contributed by atoms with Gasteiger partial charge in [0.25, 0.3) is 0 Å². The van der Waals surface area contributed by atoms with Crippen LogP contribution in [-0.2, 0) is 14.4 Å². The maximum Gasteiger partial charge on any atom is 3.00 e. The molecule has 0 bridgehead atoms. The monoisotopic (exact) mass is 548 g/mol. The summed E-state index contributed by atoms with van der Waals surface area (Å²) < 4.78 is 0. The van der Waals surface area contributed by atoms with Crippen LogP contribution in [0.4, 0.5) is 0 Å². The Morgan fingerprint density at radius 3 is 0.920 bits per heavy atom. The molecular weight excluding hydrogens is 521 g/mol. The van der Waals surface area contributed by atoms with E-state index in [0.29, 0.717) is 0 Å². The van der Waals surface area contributed by atoms with Crippen molar-refractivity contribution in [1.82, 2.24) is 0 Å². The van der Waals surface area contributed by atoms with Crippen LogP contribution in [0.25, 0.3) is 0 Å². The van der Waals surface area contributed by atoms with E-state index in [1.807, 2.05) is 20.8 Å². The van der Waals surface area contributed by atoms with E-state index in [0.717, 1.165) is 56.8 Å². The molecule has 6 nitrogen and oxygen atoms in total. The van der Waals surface area contributed by atoms with Gasteiger partial charge in [-0.05, 0) is 37.5 Å². The van der Waals surface area contributed by atoms with E-state index in [1.54, 1.807) is 18.2 Å². The maximum absolute atomic E-state index is 9.68. The molecular formula is C18H27BiO6. The van der Waals surface area contributed by atoms with Crippen molar-refractivity contribution < 1.29 is 29.7 Å². The third kappa shape index (κ3) is 51.9. The molecule has 25 heavy (non-hydrogen) atoms. The standard InChI is InChI=1S/3C6H10O2.Bi/c3*1-2-3-4-5-6(7)8;/h3*4-5H,2-3H2,1H3,(H,7,8);/q;;;+3/p-3. The predicted molar refractivity (Wildman–Crippen MR) is 92.9 cm³/mol. The largest absolute Gasteiger partial charge is 3.00 e. The van der Waals surface area contributed by atoms with Gasteiger partial charge < -0.3 is 29.7 Å². The number of rotatable bonds is 9. The summed E-state index contributed by atoms with van der Waals surface area (Å²) in [4.78, 5) is 29.0. The fraction of sp³-hybridized carbons (Fsp3) is 0.500. The second kappa shape index (κ2) is 27.4. The third-order valence-corrected chi connectivity index (χ3v) is 2.13. The third-order valence-electron chi connectivity index (χ3n) is 2.13. The summed E-state index contributed by atoms with van der Waals surface area (Å²) in [5.41, 5.74) is 0. The number of carbonyl (C=O) groups is 3. The summed E-state index contributed by atoms with van der Waals surface area (Å²) in [7, 11) is 0. The number of carboxylic acids is 3. The first-order valence-corrected chi connectivity index (χ1v) is 7.94. The Morgan fingerprint density at radius 2 is 0.800 bits per heavy atom. The van der Waals surface area contributed by atoms with Gasteiger partial charge >= 0.3 is 26.2 Å². The maximum atomic E-state index is 9.68. The van der Waals surface area contributed by atoms with Crippen molar-refractivity contribution in [3.63, 3.8) is 0 Å². The number of hydrogen-bond donors (Lipinski definition) is 0. The molecule has 2 radical (unpaired) electrons. The SMILES string of the molecule is CCCC=CC(=O)[O-].CCCC=CC(=O)[O-].CCCC=CC(=O)[O-].[Bi+3]. The second-order valence-corrected chi connectivity index (χ2v) is 4.53. The van der Waals surface area contributed by atoms with Gasteiger partial charge in [0.15, 0.2) is 0 Å². The first-order valence-electron chi connectivity index (χ1n) is 7.94. The molecule has 0 aliphatic heterocycles. The average Bonchev–Trinajstić information content (AvgIpc) is 2.48.